The first kappa shape index (κ1) is 19.0. The Hall–Kier alpha value is -3.38. The first-order valence-electron chi connectivity index (χ1n) is 8.91. The molecule has 1 unspecified atom stereocenters. The number of amides is 1. The van der Waals surface area contributed by atoms with Crippen LogP contribution >= 0.6 is 11.8 Å². The van der Waals surface area contributed by atoms with Crippen LogP contribution in [-0.2, 0) is 4.79 Å². The van der Waals surface area contributed by atoms with E-state index >= 15 is 0 Å². The Morgan fingerprint density at radius 1 is 1.28 bits per heavy atom. The molecule has 8 nitrogen and oxygen atoms in total. The fourth-order valence-electron chi connectivity index (χ4n) is 3.15. The number of thioether (sulfide) groups is 1. The van der Waals surface area contributed by atoms with Crippen molar-refractivity contribution in [2.45, 2.75) is 31.3 Å². The van der Waals surface area contributed by atoms with Crippen molar-refractivity contribution < 1.29 is 13.6 Å². The topological polar surface area (TPSA) is 109 Å². The lowest BCUT2D eigenvalue weighted by atomic mass is 10.1. The number of nitrogens with zero attached hydrogens (tertiary/aromatic N) is 5. The quantitative estimate of drug-likeness (QED) is 0.469. The lowest BCUT2D eigenvalue weighted by Crippen LogP contribution is -2.28. The third-order valence-electron chi connectivity index (χ3n) is 4.46. The maximum atomic E-state index is 13.0. The van der Waals surface area contributed by atoms with Gasteiger partial charge in [0.1, 0.15) is 45.8 Å². The van der Waals surface area contributed by atoms with Crippen LogP contribution in [0.5, 0.6) is 0 Å². The number of furan rings is 2. The maximum absolute atomic E-state index is 13.0. The molecule has 4 rings (SSSR count). The molecule has 0 saturated heterocycles. The van der Waals surface area contributed by atoms with Gasteiger partial charge >= 0.3 is 0 Å². The van der Waals surface area contributed by atoms with Crippen molar-refractivity contribution in [3.63, 3.8) is 0 Å². The second-order valence-corrected chi connectivity index (χ2v) is 7.40. The molecular formula is C20H17N5O3S. The van der Waals surface area contributed by atoms with Crippen molar-refractivity contribution in [2.24, 2.45) is 5.10 Å². The minimum atomic E-state index is -0.345. The summed E-state index contributed by atoms with van der Waals surface area (Å²) in [5.74, 6) is 1.70. The molecule has 4 heterocycles. The molecule has 1 aliphatic rings. The van der Waals surface area contributed by atoms with E-state index < -0.39 is 0 Å². The molecule has 0 bridgehead atoms. The maximum Gasteiger partial charge on any atom is 0.253 e. The van der Waals surface area contributed by atoms with E-state index in [1.54, 1.807) is 38.5 Å². The van der Waals surface area contributed by atoms with E-state index in [1.165, 1.54) is 16.8 Å². The number of aromatic nitrogens is 2. The Labute approximate surface area is 171 Å². The molecule has 3 aromatic rings. The van der Waals surface area contributed by atoms with Gasteiger partial charge in [0.2, 0.25) is 0 Å². The molecule has 1 amide bonds. The van der Waals surface area contributed by atoms with E-state index in [9.17, 15) is 10.1 Å². The lowest BCUT2D eigenvalue weighted by Gasteiger charge is -2.19. The summed E-state index contributed by atoms with van der Waals surface area (Å²) in [5, 5.41) is 15.8. The van der Waals surface area contributed by atoms with Crippen LogP contribution in [0.3, 0.4) is 0 Å². The van der Waals surface area contributed by atoms with Crippen LogP contribution in [0.25, 0.3) is 0 Å². The fraction of sp³-hybridized carbons (Fsp3) is 0.250. The predicted molar refractivity (Wildman–Crippen MR) is 105 cm³/mol. The highest BCUT2D eigenvalue weighted by Crippen LogP contribution is 2.34. The average Bonchev–Trinajstić information content (AvgIpc) is 3.46. The molecule has 29 heavy (non-hydrogen) atoms. The summed E-state index contributed by atoms with van der Waals surface area (Å²) < 4.78 is 11.0. The summed E-state index contributed by atoms with van der Waals surface area (Å²) in [7, 11) is 0. The third kappa shape index (κ3) is 3.79. The van der Waals surface area contributed by atoms with Crippen molar-refractivity contribution >= 4 is 23.4 Å². The SMILES string of the molecule is Cc1nc(C)c(C#N)c(SCC(=O)N2N=C(c3ccco3)CC2c2ccco2)n1. The molecular weight excluding hydrogens is 390 g/mol. The zero-order valence-electron chi connectivity index (χ0n) is 15.8. The zero-order valence-corrected chi connectivity index (χ0v) is 16.6. The summed E-state index contributed by atoms with van der Waals surface area (Å²) in [6, 6.07) is 8.97. The van der Waals surface area contributed by atoms with Crippen LogP contribution in [0.1, 0.15) is 41.1 Å². The average molecular weight is 407 g/mol. The molecule has 146 valence electrons. The number of hydrogen-bond donors (Lipinski definition) is 0. The van der Waals surface area contributed by atoms with Gasteiger partial charge in [0.25, 0.3) is 5.91 Å². The van der Waals surface area contributed by atoms with Crippen LogP contribution in [0.15, 0.2) is 55.8 Å². The Bertz CT molecular complexity index is 1100. The van der Waals surface area contributed by atoms with Gasteiger partial charge in [0, 0.05) is 6.42 Å². The van der Waals surface area contributed by atoms with E-state index in [1.807, 2.05) is 12.1 Å². The monoisotopic (exact) mass is 407 g/mol. The molecule has 1 atom stereocenters. The van der Waals surface area contributed by atoms with E-state index in [4.69, 9.17) is 8.83 Å². The number of aryl methyl sites for hydroxylation is 2. The summed E-state index contributed by atoms with van der Waals surface area (Å²) in [6.07, 6.45) is 3.64. The molecule has 1 aliphatic heterocycles. The number of rotatable bonds is 5. The van der Waals surface area contributed by atoms with Crippen LogP contribution in [0, 0.1) is 25.2 Å². The van der Waals surface area contributed by atoms with Gasteiger partial charge in [-0.2, -0.15) is 10.4 Å². The van der Waals surface area contributed by atoms with Crippen LogP contribution in [-0.4, -0.2) is 32.3 Å². The second kappa shape index (κ2) is 7.93. The Kier molecular flexibility index (Phi) is 5.18. The molecule has 9 heteroatoms. The minimum Gasteiger partial charge on any atom is -0.467 e. The summed E-state index contributed by atoms with van der Waals surface area (Å²) in [6.45, 7) is 3.51. The van der Waals surface area contributed by atoms with Gasteiger partial charge in [-0.15, -0.1) is 0 Å². The number of hydrogen-bond acceptors (Lipinski definition) is 8. The van der Waals surface area contributed by atoms with Crippen molar-refractivity contribution in [3.8, 4) is 6.07 Å². The number of nitriles is 1. The van der Waals surface area contributed by atoms with Gasteiger partial charge in [-0.3, -0.25) is 4.79 Å². The smallest absolute Gasteiger partial charge is 0.253 e. The Morgan fingerprint density at radius 2 is 2.07 bits per heavy atom. The molecule has 3 aromatic heterocycles. The summed E-state index contributed by atoms with van der Waals surface area (Å²) >= 11 is 1.20. The standard InChI is InChI=1S/C20H17N5O3S/c1-12-14(10-21)20(23-13(2)22-12)29-11-19(26)25-16(18-6-4-8-28-18)9-15(24-25)17-5-3-7-27-17/h3-8,16H,9,11H2,1-2H3. The number of carbonyl (C=O) groups excluding carboxylic acids is 1. The Morgan fingerprint density at radius 3 is 2.76 bits per heavy atom. The lowest BCUT2D eigenvalue weighted by molar-refractivity contribution is -0.130. The highest BCUT2D eigenvalue weighted by atomic mass is 32.2. The third-order valence-corrected chi connectivity index (χ3v) is 5.42. The summed E-state index contributed by atoms with van der Waals surface area (Å²) in [5.41, 5.74) is 1.67. The molecule has 0 N–H and O–H groups in total. The van der Waals surface area contributed by atoms with E-state index in [2.05, 4.69) is 21.1 Å². The molecule has 0 aliphatic carbocycles. The van der Waals surface area contributed by atoms with Crippen LogP contribution in [0.4, 0.5) is 0 Å². The van der Waals surface area contributed by atoms with E-state index in [0.717, 1.165) is 0 Å². The van der Waals surface area contributed by atoms with Gasteiger partial charge in [0.05, 0.1) is 24.0 Å². The molecule has 0 saturated carbocycles. The van der Waals surface area contributed by atoms with Crippen LogP contribution in [0.2, 0.25) is 0 Å². The van der Waals surface area contributed by atoms with Gasteiger partial charge < -0.3 is 8.83 Å². The fourth-order valence-corrected chi connectivity index (χ4v) is 4.07. The largest absolute Gasteiger partial charge is 0.467 e. The predicted octanol–water partition coefficient (Wildman–Crippen LogP) is 3.62. The molecule has 0 spiro atoms. The highest BCUT2D eigenvalue weighted by molar-refractivity contribution is 8.00. The van der Waals surface area contributed by atoms with Crippen molar-refractivity contribution in [1.29, 1.82) is 5.26 Å². The van der Waals surface area contributed by atoms with Gasteiger partial charge in [-0.1, -0.05) is 11.8 Å². The minimum absolute atomic E-state index is 0.0801. The van der Waals surface area contributed by atoms with Crippen molar-refractivity contribution in [1.82, 2.24) is 15.0 Å². The Balaban J connectivity index is 1.57. The summed E-state index contributed by atoms with van der Waals surface area (Å²) in [4.78, 5) is 21.5. The molecule has 0 aromatic carbocycles. The second-order valence-electron chi connectivity index (χ2n) is 6.43. The van der Waals surface area contributed by atoms with Gasteiger partial charge in [-0.05, 0) is 38.1 Å². The molecule has 0 radical (unpaired) electrons. The van der Waals surface area contributed by atoms with Crippen LogP contribution < -0.4 is 0 Å². The first-order chi connectivity index (χ1) is 14.1. The first-order valence-corrected chi connectivity index (χ1v) is 9.90. The zero-order chi connectivity index (χ0) is 20.4. The number of carbonyl (C=O) groups is 1. The van der Waals surface area contributed by atoms with Gasteiger partial charge in [0.15, 0.2) is 0 Å². The highest BCUT2D eigenvalue weighted by Gasteiger charge is 2.35. The molecule has 0 fully saturated rings. The normalized spacial score (nSPS) is 16.0. The van der Waals surface area contributed by atoms with E-state index in [-0.39, 0.29) is 17.7 Å². The van der Waals surface area contributed by atoms with Crippen molar-refractivity contribution in [2.75, 3.05) is 5.75 Å². The van der Waals surface area contributed by atoms with Gasteiger partial charge in [-0.25, -0.2) is 15.0 Å². The van der Waals surface area contributed by atoms with E-state index in [0.29, 0.717) is 45.8 Å². The van der Waals surface area contributed by atoms with Crippen molar-refractivity contribution in [3.05, 3.63) is 65.4 Å². The number of hydrazone groups is 1.